The molecule has 3 N–H and O–H groups in total. The first kappa shape index (κ1) is 16.3. The summed E-state index contributed by atoms with van der Waals surface area (Å²) in [6.07, 6.45) is 1.27. The minimum absolute atomic E-state index is 0.0849. The van der Waals surface area contributed by atoms with Gasteiger partial charge in [-0.05, 0) is 36.7 Å². The molecule has 8 heteroatoms. The predicted octanol–water partition coefficient (Wildman–Crippen LogP) is 2.42. The molecular formula is C12H15N3O3S2. The summed E-state index contributed by atoms with van der Waals surface area (Å²) >= 11 is 6.54. The van der Waals surface area contributed by atoms with Crippen molar-refractivity contribution in [1.29, 1.82) is 0 Å². The second kappa shape index (κ2) is 7.71. The van der Waals surface area contributed by atoms with Gasteiger partial charge in [-0.15, -0.1) is 11.8 Å². The maximum absolute atomic E-state index is 11.2. The van der Waals surface area contributed by atoms with Gasteiger partial charge in [-0.25, -0.2) is 4.79 Å². The number of hydrogen-bond acceptors (Lipinski definition) is 5. The number of ether oxygens (including phenoxy) is 1. The maximum atomic E-state index is 11.2. The number of carbonyl (C=O) groups is 2. The van der Waals surface area contributed by atoms with Crippen molar-refractivity contribution in [1.82, 2.24) is 5.32 Å². The second-order valence-electron chi connectivity index (χ2n) is 3.66. The number of carbonyl (C=O) groups excluding carboxylic acids is 2. The zero-order chi connectivity index (χ0) is 15.1. The van der Waals surface area contributed by atoms with E-state index in [4.69, 9.17) is 12.2 Å². The van der Waals surface area contributed by atoms with Gasteiger partial charge in [-0.1, -0.05) is 0 Å². The molecule has 0 unspecified atom stereocenters. The fraction of sp³-hybridized carbons (Fsp3) is 0.250. The summed E-state index contributed by atoms with van der Waals surface area (Å²) in [5.41, 5.74) is 1.16. The van der Waals surface area contributed by atoms with Crippen molar-refractivity contribution < 1.29 is 14.3 Å². The molecule has 1 rings (SSSR count). The Morgan fingerprint density at radius 1 is 1.25 bits per heavy atom. The average molecular weight is 313 g/mol. The SMILES string of the molecule is COC(=O)NC(=S)Nc1cc(SC)ccc1NC(C)=O. The van der Waals surface area contributed by atoms with Gasteiger partial charge in [-0.2, -0.15) is 0 Å². The molecule has 0 saturated carbocycles. The number of anilines is 2. The van der Waals surface area contributed by atoms with E-state index in [0.717, 1.165) is 4.90 Å². The van der Waals surface area contributed by atoms with Crippen molar-refractivity contribution in [3.8, 4) is 0 Å². The van der Waals surface area contributed by atoms with Crippen molar-refractivity contribution in [3.05, 3.63) is 18.2 Å². The normalized spacial score (nSPS) is 9.55. The van der Waals surface area contributed by atoms with E-state index in [-0.39, 0.29) is 11.0 Å². The number of amides is 2. The lowest BCUT2D eigenvalue weighted by atomic mass is 10.2. The number of hydrogen-bond donors (Lipinski definition) is 3. The molecule has 0 saturated heterocycles. The largest absolute Gasteiger partial charge is 0.453 e. The van der Waals surface area contributed by atoms with Gasteiger partial charge < -0.3 is 15.4 Å². The third kappa shape index (κ3) is 5.06. The molecule has 108 valence electrons. The molecule has 1 aromatic rings. The van der Waals surface area contributed by atoms with Crippen molar-refractivity contribution in [2.75, 3.05) is 24.0 Å². The Balaban J connectivity index is 2.92. The van der Waals surface area contributed by atoms with Crippen LogP contribution in [-0.4, -0.2) is 30.5 Å². The molecular weight excluding hydrogens is 298 g/mol. The number of nitrogens with one attached hydrogen (secondary N) is 3. The van der Waals surface area contributed by atoms with Gasteiger partial charge >= 0.3 is 6.09 Å². The number of rotatable bonds is 3. The van der Waals surface area contributed by atoms with Crippen LogP contribution in [0.5, 0.6) is 0 Å². The quantitative estimate of drug-likeness (QED) is 0.587. The first-order chi connectivity index (χ1) is 9.46. The van der Waals surface area contributed by atoms with Gasteiger partial charge in [0.1, 0.15) is 0 Å². The van der Waals surface area contributed by atoms with Crippen LogP contribution in [0.25, 0.3) is 0 Å². The van der Waals surface area contributed by atoms with Crippen LogP contribution >= 0.6 is 24.0 Å². The zero-order valence-corrected chi connectivity index (χ0v) is 12.9. The molecule has 0 heterocycles. The van der Waals surface area contributed by atoms with Crippen molar-refractivity contribution in [2.24, 2.45) is 0 Å². The molecule has 0 atom stereocenters. The topological polar surface area (TPSA) is 79.5 Å². The molecule has 0 aliphatic carbocycles. The Bertz CT molecular complexity index is 535. The third-order valence-corrected chi connectivity index (χ3v) is 3.12. The van der Waals surface area contributed by atoms with E-state index in [1.54, 1.807) is 17.8 Å². The van der Waals surface area contributed by atoms with Crippen LogP contribution in [0.1, 0.15) is 6.92 Å². The van der Waals surface area contributed by atoms with Crippen LogP contribution in [0, 0.1) is 0 Å². The molecule has 20 heavy (non-hydrogen) atoms. The first-order valence-electron chi connectivity index (χ1n) is 5.58. The van der Waals surface area contributed by atoms with Crippen molar-refractivity contribution in [3.63, 3.8) is 0 Å². The lowest BCUT2D eigenvalue weighted by Gasteiger charge is -2.14. The smallest absolute Gasteiger partial charge is 0.413 e. The Labute approximate surface area is 126 Å². The molecule has 0 aromatic heterocycles. The minimum atomic E-state index is -0.662. The summed E-state index contributed by atoms with van der Waals surface area (Å²) < 4.78 is 4.45. The summed E-state index contributed by atoms with van der Waals surface area (Å²) in [4.78, 5) is 23.2. The molecule has 1 aromatic carbocycles. The van der Waals surface area contributed by atoms with E-state index in [1.807, 2.05) is 18.4 Å². The summed E-state index contributed by atoms with van der Waals surface area (Å²) in [5, 5.41) is 7.95. The summed E-state index contributed by atoms with van der Waals surface area (Å²) in [5.74, 6) is -0.197. The maximum Gasteiger partial charge on any atom is 0.413 e. The van der Waals surface area contributed by atoms with Crippen LogP contribution < -0.4 is 16.0 Å². The predicted molar refractivity (Wildman–Crippen MR) is 84.3 cm³/mol. The average Bonchev–Trinajstić information content (AvgIpc) is 2.39. The molecule has 0 aliphatic rings. The van der Waals surface area contributed by atoms with E-state index in [1.165, 1.54) is 14.0 Å². The highest BCUT2D eigenvalue weighted by Gasteiger charge is 2.09. The van der Waals surface area contributed by atoms with Crippen molar-refractivity contribution >= 4 is 52.5 Å². The highest BCUT2D eigenvalue weighted by molar-refractivity contribution is 7.98. The highest BCUT2D eigenvalue weighted by atomic mass is 32.2. The lowest BCUT2D eigenvalue weighted by Crippen LogP contribution is -2.34. The van der Waals surface area contributed by atoms with E-state index >= 15 is 0 Å². The Morgan fingerprint density at radius 2 is 1.95 bits per heavy atom. The fourth-order valence-electron chi connectivity index (χ4n) is 1.35. The number of alkyl carbamates (subject to hydrolysis) is 1. The third-order valence-electron chi connectivity index (χ3n) is 2.19. The number of thiocarbonyl (C=S) groups is 1. The van der Waals surface area contributed by atoms with Gasteiger partial charge in [-0.3, -0.25) is 10.1 Å². The summed E-state index contributed by atoms with van der Waals surface area (Å²) in [6, 6.07) is 5.45. The van der Waals surface area contributed by atoms with Crippen LogP contribution in [0.3, 0.4) is 0 Å². The van der Waals surface area contributed by atoms with Crippen LogP contribution in [0.2, 0.25) is 0 Å². The molecule has 0 radical (unpaired) electrons. The Hall–Kier alpha value is -1.80. The minimum Gasteiger partial charge on any atom is -0.453 e. The zero-order valence-electron chi connectivity index (χ0n) is 11.3. The standard InChI is InChI=1S/C12H15N3O3S2/c1-7(16)13-9-5-4-8(20-3)6-10(9)14-11(19)15-12(17)18-2/h4-6H,1-3H3,(H,13,16)(H2,14,15,17,19). The fourth-order valence-corrected chi connectivity index (χ4v) is 1.98. The van der Waals surface area contributed by atoms with E-state index < -0.39 is 6.09 Å². The van der Waals surface area contributed by atoms with E-state index in [9.17, 15) is 9.59 Å². The van der Waals surface area contributed by atoms with Gasteiger partial charge in [0.15, 0.2) is 5.11 Å². The van der Waals surface area contributed by atoms with Crippen LogP contribution in [-0.2, 0) is 9.53 Å². The number of benzene rings is 1. The molecule has 0 spiro atoms. The van der Waals surface area contributed by atoms with Crippen molar-refractivity contribution in [2.45, 2.75) is 11.8 Å². The molecule has 0 fully saturated rings. The molecule has 6 nitrogen and oxygen atoms in total. The molecule has 0 aliphatic heterocycles. The number of thioether (sulfide) groups is 1. The van der Waals surface area contributed by atoms with Crippen LogP contribution in [0.15, 0.2) is 23.1 Å². The summed E-state index contributed by atoms with van der Waals surface area (Å²) in [6.45, 7) is 1.41. The lowest BCUT2D eigenvalue weighted by molar-refractivity contribution is -0.114. The monoisotopic (exact) mass is 313 g/mol. The summed E-state index contributed by atoms with van der Waals surface area (Å²) in [7, 11) is 1.25. The Kier molecular flexibility index (Phi) is 6.26. The second-order valence-corrected chi connectivity index (χ2v) is 4.95. The first-order valence-corrected chi connectivity index (χ1v) is 7.21. The Morgan fingerprint density at radius 3 is 2.50 bits per heavy atom. The van der Waals surface area contributed by atoms with E-state index in [0.29, 0.717) is 11.4 Å². The van der Waals surface area contributed by atoms with Gasteiger partial charge in [0.25, 0.3) is 0 Å². The van der Waals surface area contributed by atoms with Gasteiger partial charge in [0, 0.05) is 11.8 Å². The van der Waals surface area contributed by atoms with E-state index in [2.05, 4.69) is 20.7 Å². The van der Waals surface area contributed by atoms with Gasteiger partial charge in [0.05, 0.1) is 18.5 Å². The molecule has 0 bridgehead atoms. The highest BCUT2D eigenvalue weighted by Crippen LogP contribution is 2.27. The van der Waals surface area contributed by atoms with Crippen LogP contribution in [0.4, 0.5) is 16.2 Å². The molecule has 2 amide bonds. The van der Waals surface area contributed by atoms with Gasteiger partial charge in [0.2, 0.25) is 5.91 Å². The number of methoxy groups -OCH3 is 1.